The maximum atomic E-state index is 12.2. The van der Waals surface area contributed by atoms with Crippen molar-refractivity contribution in [2.45, 2.75) is 25.8 Å². The molecule has 0 saturated carbocycles. The van der Waals surface area contributed by atoms with Crippen LogP contribution >= 0.6 is 0 Å². The van der Waals surface area contributed by atoms with Crippen molar-refractivity contribution in [2.24, 2.45) is 0 Å². The van der Waals surface area contributed by atoms with Gasteiger partial charge in [0, 0.05) is 58.4 Å². The highest BCUT2D eigenvalue weighted by atomic mass is 16.5. The molecule has 3 rings (SSSR count). The van der Waals surface area contributed by atoms with Gasteiger partial charge in [0.1, 0.15) is 0 Å². The van der Waals surface area contributed by atoms with Crippen LogP contribution < -0.4 is 10.2 Å². The van der Waals surface area contributed by atoms with E-state index in [1.54, 1.807) is 11.9 Å². The highest BCUT2D eigenvalue weighted by molar-refractivity contribution is 5.78. The summed E-state index contributed by atoms with van der Waals surface area (Å²) in [4.78, 5) is 30.1. The lowest BCUT2D eigenvalue weighted by Gasteiger charge is -2.29. The zero-order chi connectivity index (χ0) is 19.1. The van der Waals surface area contributed by atoms with Gasteiger partial charge in [0.05, 0.1) is 13.2 Å². The number of nitrogens with zero attached hydrogens (tertiary/aromatic N) is 3. The number of amides is 3. The highest BCUT2D eigenvalue weighted by Gasteiger charge is 2.18. The number of hydrogen-bond acceptors (Lipinski definition) is 4. The largest absolute Gasteiger partial charge is 0.378 e. The highest BCUT2D eigenvalue weighted by Crippen LogP contribution is 2.17. The number of likely N-dealkylation sites (tertiary alicyclic amines) is 1. The Hall–Kier alpha value is -2.28. The molecule has 1 aromatic rings. The van der Waals surface area contributed by atoms with Gasteiger partial charge in [-0.05, 0) is 30.5 Å². The second-order valence-corrected chi connectivity index (χ2v) is 7.19. The fourth-order valence-electron chi connectivity index (χ4n) is 3.52. The van der Waals surface area contributed by atoms with E-state index < -0.39 is 0 Å². The first kappa shape index (κ1) is 19.5. The molecule has 0 aromatic heterocycles. The predicted molar refractivity (Wildman–Crippen MR) is 105 cm³/mol. The van der Waals surface area contributed by atoms with E-state index in [2.05, 4.69) is 34.5 Å². The van der Waals surface area contributed by atoms with Gasteiger partial charge >= 0.3 is 6.03 Å². The molecule has 148 valence electrons. The summed E-state index contributed by atoms with van der Waals surface area (Å²) in [6, 6.07) is 8.17. The summed E-state index contributed by atoms with van der Waals surface area (Å²) in [5.74, 6) is 0.133. The number of benzene rings is 1. The molecule has 2 aliphatic rings. The molecule has 7 nitrogen and oxygen atoms in total. The summed E-state index contributed by atoms with van der Waals surface area (Å²) in [5, 5.41) is 2.84. The molecule has 2 aliphatic heterocycles. The lowest BCUT2D eigenvalue weighted by Crippen LogP contribution is -2.39. The first-order valence-electron chi connectivity index (χ1n) is 9.82. The van der Waals surface area contributed by atoms with E-state index >= 15 is 0 Å². The smallest absolute Gasteiger partial charge is 0.317 e. The van der Waals surface area contributed by atoms with Crippen molar-refractivity contribution < 1.29 is 14.3 Å². The third kappa shape index (κ3) is 5.60. The third-order valence-electron chi connectivity index (χ3n) is 5.15. The number of carbonyl (C=O) groups is 2. The van der Waals surface area contributed by atoms with Gasteiger partial charge in [0.25, 0.3) is 0 Å². The monoisotopic (exact) mass is 374 g/mol. The van der Waals surface area contributed by atoms with Crippen LogP contribution in [0.3, 0.4) is 0 Å². The number of urea groups is 1. The van der Waals surface area contributed by atoms with Crippen LogP contribution in [0.1, 0.15) is 24.8 Å². The molecule has 0 bridgehead atoms. The molecule has 0 radical (unpaired) electrons. The van der Waals surface area contributed by atoms with Gasteiger partial charge in [-0.1, -0.05) is 12.1 Å². The van der Waals surface area contributed by atoms with Gasteiger partial charge in [-0.15, -0.1) is 0 Å². The minimum Gasteiger partial charge on any atom is -0.378 e. The Kier molecular flexibility index (Phi) is 6.92. The Bertz CT molecular complexity index is 623. The number of carbonyl (C=O) groups excluding carboxylic acids is 2. The summed E-state index contributed by atoms with van der Waals surface area (Å²) < 4.78 is 5.38. The number of ether oxygens (including phenoxy) is 1. The van der Waals surface area contributed by atoms with E-state index in [0.717, 1.165) is 57.8 Å². The Morgan fingerprint density at radius 3 is 2.41 bits per heavy atom. The summed E-state index contributed by atoms with van der Waals surface area (Å²) >= 11 is 0. The summed E-state index contributed by atoms with van der Waals surface area (Å²) in [6.45, 7) is 6.00. The minimum atomic E-state index is -0.151. The molecule has 0 unspecified atom stereocenters. The molecular formula is C20H30N4O3. The molecule has 1 N–H and O–H groups in total. The van der Waals surface area contributed by atoms with Crippen molar-refractivity contribution in [3.63, 3.8) is 0 Å². The van der Waals surface area contributed by atoms with Crippen molar-refractivity contribution >= 4 is 17.6 Å². The molecular weight excluding hydrogens is 344 g/mol. The number of rotatable bonds is 6. The SMILES string of the molecule is CN(Cc1ccc(N2CCOCC2)cc1)C(=O)NCCC(=O)N1CCCC1. The second kappa shape index (κ2) is 9.60. The zero-order valence-corrected chi connectivity index (χ0v) is 16.2. The topological polar surface area (TPSA) is 65.1 Å². The van der Waals surface area contributed by atoms with E-state index in [1.807, 2.05) is 4.90 Å². The van der Waals surface area contributed by atoms with Crippen LogP contribution in [0.25, 0.3) is 0 Å². The van der Waals surface area contributed by atoms with E-state index in [4.69, 9.17) is 4.74 Å². The van der Waals surface area contributed by atoms with Gasteiger partial charge in [0.15, 0.2) is 0 Å². The van der Waals surface area contributed by atoms with Crippen molar-refractivity contribution in [3.05, 3.63) is 29.8 Å². The Morgan fingerprint density at radius 2 is 1.74 bits per heavy atom. The second-order valence-electron chi connectivity index (χ2n) is 7.19. The molecule has 27 heavy (non-hydrogen) atoms. The average Bonchev–Trinajstić information content (AvgIpc) is 3.24. The van der Waals surface area contributed by atoms with Crippen LogP contribution in [-0.4, -0.2) is 74.7 Å². The zero-order valence-electron chi connectivity index (χ0n) is 16.2. The standard InChI is InChI=1S/C20H30N4O3/c1-22(20(26)21-9-8-19(25)24-10-2-3-11-24)16-17-4-6-18(7-5-17)23-12-14-27-15-13-23/h4-7H,2-3,8-16H2,1H3,(H,21,26). The first-order valence-corrected chi connectivity index (χ1v) is 9.82. The maximum Gasteiger partial charge on any atom is 0.317 e. The van der Waals surface area contributed by atoms with E-state index in [9.17, 15) is 9.59 Å². The molecule has 3 amide bonds. The van der Waals surface area contributed by atoms with Crippen molar-refractivity contribution in [1.29, 1.82) is 0 Å². The Labute approximate surface area is 161 Å². The van der Waals surface area contributed by atoms with Gasteiger partial charge < -0.3 is 24.8 Å². The predicted octanol–water partition coefficient (Wildman–Crippen LogP) is 1.68. The van der Waals surface area contributed by atoms with E-state index in [-0.39, 0.29) is 11.9 Å². The lowest BCUT2D eigenvalue weighted by molar-refractivity contribution is -0.129. The van der Waals surface area contributed by atoms with Crippen LogP contribution in [0.5, 0.6) is 0 Å². The average molecular weight is 374 g/mol. The first-order chi connectivity index (χ1) is 13.1. The van der Waals surface area contributed by atoms with Crippen molar-refractivity contribution in [2.75, 3.05) is 57.9 Å². The normalized spacial score (nSPS) is 17.1. The summed E-state index contributed by atoms with van der Waals surface area (Å²) in [6.07, 6.45) is 2.55. The molecule has 7 heteroatoms. The van der Waals surface area contributed by atoms with Crippen molar-refractivity contribution in [1.82, 2.24) is 15.1 Å². The maximum absolute atomic E-state index is 12.2. The van der Waals surface area contributed by atoms with Crippen LogP contribution in [0.4, 0.5) is 10.5 Å². The molecule has 0 aliphatic carbocycles. The molecule has 2 heterocycles. The summed E-state index contributed by atoms with van der Waals surface area (Å²) in [7, 11) is 1.77. The van der Waals surface area contributed by atoms with Gasteiger partial charge in [-0.3, -0.25) is 4.79 Å². The molecule has 0 spiro atoms. The van der Waals surface area contributed by atoms with Gasteiger partial charge in [-0.2, -0.15) is 0 Å². The van der Waals surface area contributed by atoms with Gasteiger partial charge in [0.2, 0.25) is 5.91 Å². The Morgan fingerprint density at radius 1 is 1.07 bits per heavy atom. The number of nitrogens with one attached hydrogen (secondary N) is 1. The lowest BCUT2D eigenvalue weighted by atomic mass is 10.2. The fraction of sp³-hybridized carbons (Fsp3) is 0.600. The fourth-order valence-corrected chi connectivity index (χ4v) is 3.52. The molecule has 2 fully saturated rings. The molecule has 0 atom stereocenters. The van der Waals surface area contributed by atoms with Crippen LogP contribution in [0.2, 0.25) is 0 Å². The number of morpholine rings is 1. The van der Waals surface area contributed by atoms with Crippen LogP contribution in [-0.2, 0) is 16.1 Å². The minimum absolute atomic E-state index is 0.133. The number of hydrogen-bond donors (Lipinski definition) is 1. The molecule has 1 aromatic carbocycles. The van der Waals surface area contributed by atoms with E-state index in [1.165, 1.54) is 5.69 Å². The van der Waals surface area contributed by atoms with E-state index in [0.29, 0.717) is 19.5 Å². The quantitative estimate of drug-likeness (QED) is 0.823. The van der Waals surface area contributed by atoms with Crippen LogP contribution in [0, 0.1) is 0 Å². The van der Waals surface area contributed by atoms with Crippen LogP contribution in [0.15, 0.2) is 24.3 Å². The summed E-state index contributed by atoms with van der Waals surface area (Å²) in [5.41, 5.74) is 2.27. The third-order valence-corrected chi connectivity index (χ3v) is 5.15. The molecule has 2 saturated heterocycles. The Balaban J connectivity index is 1.40. The van der Waals surface area contributed by atoms with Crippen molar-refractivity contribution in [3.8, 4) is 0 Å². The number of anilines is 1. The van der Waals surface area contributed by atoms with Gasteiger partial charge in [-0.25, -0.2) is 4.79 Å².